The van der Waals surface area contributed by atoms with Gasteiger partial charge in [-0.15, -0.1) is 0 Å². The van der Waals surface area contributed by atoms with Gasteiger partial charge in [0.15, 0.2) is 5.76 Å². The molecule has 0 unspecified atom stereocenters. The Labute approximate surface area is 189 Å². The zero-order valence-electron chi connectivity index (χ0n) is 18.6. The second-order valence-corrected chi connectivity index (χ2v) is 8.60. The summed E-state index contributed by atoms with van der Waals surface area (Å²) in [5.41, 5.74) is 5.53. The SMILES string of the molecule is Cc1ccc([C@H](c2ccccc2)N2CCN(C(=O)c3oc4ccccc4c3C)CC2)cc1. The molecule has 5 rings (SSSR count). The lowest BCUT2D eigenvalue weighted by atomic mass is 9.95. The van der Waals surface area contributed by atoms with E-state index in [0.717, 1.165) is 29.6 Å². The van der Waals surface area contributed by atoms with Gasteiger partial charge in [-0.3, -0.25) is 9.69 Å². The van der Waals surface area contributed by atoms with Crippen molar-refractivity contribution >= 4 is 16.9 Å². The van der Waals surface area contributed by atoms with E-state index < -0.39 is 0 Å². The van der Waals surface area contributed by atoms with Crippen LogP contribution in [-0.2, 0) is 0 Å². The highest BCUT2D eigenvalue weighted by molar-refractivity contribution is 5.99. The van der Waals surface area contributed by atoms with Crippen molar-refractivity contribution in [1.82, 2.24) is 9.80 Å². The molecule has 0 aliphatic carbocycles. The summed E-state index contributed by atoms with van der Waals surface area (Å²) in [7, 11) is 0. The minimum Gasteiger partial charge on any atom is -0.451 e. The number of nitrogens with zero attached hydrogens (tertiary/aromatic N) is 2. The Morgan fingerprint density at radius 1 is 0.781 bits per heavy atom. The molecule has 0 radical (unpaired) electrons. The number of para-hydroxylation sites is 1. The lowest BCUT2D eigenvalue weighted by molar-refractivity contribution is 0.0569. The molecule has 0 bridgehead atoms. The summed E-state index contributed by atoms with van der Waals surface area (Å²) in [6, 6.07) is 27.5. The maximum Gasteiger partial charge on any atom is 0.289 e. The molecule has 1 aliphatic heterocycles. The molecule has 1 aromatic heterocycles. The van der Waals surface area contributed by atoms with Crippen LogP contribution in [0.15, 0.2) is 83.3 Å². The highest BCUT2D eigenvalue weighted by Crippen LogP contribution is 2.31. The number of hydrogen-bond acceptors (Lipinski definition) is 3. The summed E-state index contributed by atoms with van der Waals surface area (Å²) in [5.74, 6) is 0.461. The third-order valence-electron chi connectivity index (χ3n) is 6.51. The van der Waals surface area contributed by atoms with E-state index in [1.54, 1.807) is 0 Å². The van der Waals surface area contributed by atoms with Gasteiger partial charge in [-0.2, -0.15) is 0 Å². The predicted octanol–water partition coefficient (Wildman–Crippen LogP) is 5.60. The lowest BCUT2D eigenvalue weighted by Crippen LogP contribution is -2.49. The zero-order valence-corrected chi connectivity index (χ0v) is 18.6. The molecule has 3 aromatic carbocycles. The van der Waals surface area contributed by atoms with E-state index in [9.17, 15) is 4.79 Å². The maximum atomic E-state index is 13.3. The topological polar surface area (TPSA) is 36.7 Å². The summed E-state index contributed by atoms with van der Waals surface area (Å²) in [6.45, 7) is 7.09. The molecule has 0 saturated carbocycles. The first-order valence-electron chi connectivity index (χ1n) is 11.2. The van der Waals surface area contributed by atoms with Gasteiger partial charge in [-0.05, 0) is 31.0 Å². The van der Waals surface area contributed by atoms with Crippen LogP contribution in [0, 0.1) is 13.8 Å². The maximum absolute atomic E-state index is 13.3. The zero-order chi connectivity index (χ0) is 22.1. The predicted molar refractivity (Wildman–Crippen MR) is 128 cm³/mol. The summed E-state index contributed by atoms with van der Waals surface area (Å²) in [4.78, 5) is 17.7. The molecular formula is C28H28N2O2. The van der Waals surface area contributed by atoms with E-state index >= 15 is 0 Å². The molecule has 1 fully saturated rings. The average molecular weight is 425 g/mol. The Bertz CT molecular complexity index is 1220. The fourth-order valence-corrected chi connectivity index (χ4v) is 4.70. The fraction of sp³-hybridized carbons (Fsp3) is 0.250. The van der Waals surface area contributed by atoms with Crippen LogP contribution in [0.4, 0.5) is 0 Å². The van der Waals surface area contributed by atoms with Gasteiger partial charge in [0, 0.05) is 37.1 Å². The third kappa shape index (κ3) is 3.82. The monoisotopic (exact) mass is 424 g/mol. The minimum atomic E-state index is -0.00931. The van der Waals surface area contributed by atoms with Crippen molar-refractivity contribution in [2.75, 3.05) is 26.2 Å². The Morgan fingerprint density at radius 2 is 1.41 bits per heavy atom. The van der Waals surface area contributed by atoms with Gasteiger partial charge in [0.25, 0.3) is 5.91 Å². The number of carbonyl (C=O) groups excluding carboxylic acids is 1. The second-order valence-electron chi connectivity index (χ2n) is 8.60. The number of fused-ring (bicyclic) bond motifs is 1. The number of hydrogen-bond donors (Lipinski definition) is 0. The van der Waals surface area contributed by atoms with E-state index in [0.29, 0.717) is 18.8 Å². The number of amides is 1. The first-order chi connectivity index (χ1) is 15.6. The molecule has 2 heterocycles. The van der Waals surface area contributed by atoms with Crippen LogP contribution in [-0.4, -0.2) is 41.9 Å². The molecule has 4 heteroatoms. The molecule has 32 heavy (non-hydrogen) atoms. The third-order valence-corrected chi connectivity index (χ3v) is 6.51. The molecule has 0 spiro atoms. The summed E-state index contributed by atoms with van der Waals surface area (Å²) >= 11 is 0. The van der Waals surface area contributed by atoms with Gasteiger partial charge in [-0.1, -0.05) is 78.4 Å². The number of piperazine rings is 1. The summed E-state index contributed by atoms with van der Waals surface area (Å²) < 4.78 is 5.93. The summed E-state index contributed by atoms with van der Waals surface area (Å²) in [5, 5.41) is 1.01. The molecule has 4 aromatic rings. The molecule has 1 saturated heterocycles. The largest absolute Gasteiger partial charge is 0.451 e. The van der Waals surface area contributed by atoms with E-state index in [4.69, 9.17) is 4.42 Å². The van der Waals surface area contributed by atoms with E-state index in [2.05, 4.69) is 66.4 Å². The van der Waals surface area contributed by atoms with E-state index in [1.807, 2.05) is 36.1 Å². The lowest BCUT2D eigenvalue weighted by Gasteiger charge is -2.39. The second kappa shape index (κ2) is 8.64. The van der Waals surface area contributed by atoms with Crippen LogP contribution in [0.2, 0.25) is 0 Å². The molecular weight excluding hydrogens is 396 g/mol. The number of carbonyl (C=O) groups is 1. The molecule has 0 N–H and O–H groups in total. The highest BCUT2D eigenvalue weighted by atomic mass is 16.3. The van der Waals surface area contributed by atoms with Crippen molar-refractivity contribution in [2.45, 2.75) is 19.9 Å². The van der Waals surface area contributed by atoms with E-state index in [1.165, 1.54) is 16.7 Å². The van der Waals surface area contributed by atoms with Crippen molar-refractivity contribution in [3.05, 3.63) is 107 Å². The van der Waals surface area contributed by atoms with Crippen LogP contribution in [0.5, 0.6) is 0 Å². The van der Waals surface area contributed by atoms with Gasteiger partial charge in [0.05, 0.1) is 6.04 Å². The molecule has 1 atom stereocenters. The quantitative estimate of drug-likeness (QED) is 0.428. The molecule has 162 valence electrons. The number of furan rings is 1. The number of aryl methyl sites for hydroxylation is 2. The average Bonchev–Trinajstić information content (AvgIpc) is 3.18. The smallest absolute Gasteiger partial charge is 0.289 e. The van der Waals surface area contributed by atoms with Gasteiger partial charge in [0.1, 0.15) is 5.58 Å². The van der Waals surface area contributed by atoms with Crippen molar-refractivity contribution in [2.24, 2.45) is 0 Å². The van der Waals surface area contributed by atoms with Crippen LogP contribution >= 0.6 is 0 Å². The number of benzene rings is 3. The molecule has 1 aliphatic rings. The van der Waals surface area contributed by atoms with Crippen LogP contribution < -0.4 is 0 Å². The van der Waals surface area contributed by atoms with Gasteiger partial charge >= 0.3 is 0 Å². The van der Waals surface area contributed by atoms with Crippen molar-refractivity contribution < 1.29 is 9.21 Å². The van der Waals surface area contributed by atoms with E-state index in [-0.39, 0.29) is 11.9 Å². The summed E-state index contributed by atoms with van der Waals surface area (Å²) in [6.07, 6.45) is 0. The highest BCUT2D eigenvalue weighted by Gasteiger charge is 2.30. The van der Waals surface area contributed by atoms with Gasteiger partial charge < -0.3 is 9.32 Å². The fourth-order valence-electron chi connectivity index (χ4n) is 4.70. The van der Waals surface area contributed by atoms with Crippen molar-refractivity contribution in [1.29, 1.82) is 0 Å². The van der Waals surface area contributed by atoms with Crippen LogP contribution in [0.1, 0.15) is 38.9 Å². The Hall–Kier alpha value is -3.37. The standard InChI is InChI=1S/C28H28N2O2/c1-20-12-14-23(15-13-20)26(22-8-4-3-5-9-22)29-16-18-30(19-17-29)28(31)27-21(2)24-10-6-7-11-25(24)32-27/h3-15,26H,16-19H2,1-2H3/t26-/m0/s1. The van der Waals surface area contributed by atoms with Gasteiger partial charge in [0.2, 0.25) is 0 Å². The Kier molecular flexibility index (Phi) is 5.54. The minimum absolute atomic E-state index is 0.00931. The molecule has 4 nitrogen and oxygen atoms in total. The Morgan fingerprint density at radius 3 is 2.09 bits per heavy atom. The molecule has 1 amide bonds. The van der Waals surface area contributed by atoms with Crippen LogP contribution in [0.3, 0.4) is 0 Å². The first-order valence-corrected chi connectivity index (χ1v) is 11.2. The first kappa shape index (κ1) is 20.5. The van der Waals surface area contributed by atoms with Crippen LogP contribution in [0.25, 0.3) is 11.0 Å². The Balaban J connectivity index is 1.36. The normalized spacial score (nSPS) is 15.8. The van der Waals surface area contributed by atoms with Crippen molar-refractivity contribution in [3.63, 3.8) is 0 Å². The van der Waals surface area contributed by atoms with Gasteiger partial charge in [-0.25, -0.2) is 0 Å². The van der Waals surface area contributed by atoms with Crippen molar-refractivity contribution in [3.8, 4) is 0 Å². The number of rotatable bonds is 4.